The van der Waals surface area contributed by atoms with Gasteiger partial charge in [-0.15, -0.1) is 0 Å². The van der Waals surface area contributed by atoms with E-state index in [9.17, 15) is 9.90 Å². The van der Waals surface area contributed by atoms with Gasteiger partial charge in [0.2, 0.25) is 5.91 Å². The van der Waals surface area contributed by atoms with Crippen LogP contribution >= 0.6 is 11.8 Å². The van der Waals surface area contributed by atoms with E-state index in [-0.39, 0.29) is 5.91 Å². The summed E-state index contributed by atoms with van der Waals surface area (Å²) in [5, 5.41) is 10.1. The van der Waals surface area contributed by atoms with Crippen LogP contribution < -0.4 is 0 Å². The molecule has 1 fully saturated rings. The highest BCUT2D eigenvalue weighted by molar-refractivity contribution is 7.99. The Hall–Kier alpha value is -0.220. The topological polar surface area (TPSA) is 40.5 Å². The Bertz CT molecular complexity index is 202. The third-order valence-corrected chi connectivity index (χ3v) is 3.29. The smallest absolute Gasteiger partial charge is 0.232 e. The van der Waals surface area contributed by atoms with Crippen LogP contribution in [0.15, 0.2) is 0 Å². The van der Waals surface area contributed by atoms with Gasteiger partial charge in [0.25, 0.3) is 0 Å². The lowest BCUT2D eigenvalue weighted by Gasteiger charge is -2.28. The van der Waals surface area contributed by atoms with Crippen LogP contribution in [0.25, 0.3) is 0 Å². The zero-order valence-electron chi connectivity index (χ0n) is 8.95. The number of nitrogens with zero attached hydrogens (tertiary/aromatic N) is 1. The van der Waals surface area contributed by atoms with E-state index in [0.717, 1.165) is 25.7 Å². The first-order valence-corrected chi connectivity index (χ1v) is 6.42. The van der Waals surface area contributed by atoms with E-state index < -0.39 is 5.60 Å². The standard InChI is InChI=1S/C10H19NO2S/c1-11(9(12)7-14-2)8-10(13)5-3-4-6-10/h13H,3-8H2,1-2H3. The Morgan fingerprint density at radius 1 is 1.50 bits per heavy atom. The molecule has 0 saturated heterocycles. The fraction of sp³-hybridized carbons (Fsp3) is 0.900. The van der Waals surface area contributed by atoms with Crippen LogP contribution in [0.5, 0.6) is 0 Å². The summed E-state index contributed by atoms with van der Waals surface area (Å²) < 4.78 is 0. The third kappa shape index (κ3) is 3.17. The summed E-state index contributed by atoms with van der Waals surface area (Å²) in [6, 6.07) is 0. The van der Waals surface area contributed by atoms with E-state index in [1.54, 1.807) is 11.9 Å². The first-order valence-electron chi connectivity index (χ1n) is 5.03. The minimum absolute atomic E-state index is 0.109. The van der Waals surface area contributed by atoms with E-state index in [0.29, 0.717) is 12.3 Å². The molecular weight excluding hydrogens is 198 g/mol. The molecule has 1 aliphatic carbocycles. The van der Waals surface area contributed by atoms with Gasteiger partial charge in [0.15, 0.2) is 0 Å². The van der Waals surface area contributed by atoms with Crippen molar-refractivity contribution in [2.45, 2.75) is 31.3 Å². The van der Waals surface area contributed by atoms with E-state index in [4.69, 9.17) is 0 Å². The molecule has 0 heterocycles. The van der Waals surface area contributed by atoms with Gasteiger partial charge < -0.3 is 10.0 Å². The molecule has 0 aromatic carbocycles. The second-order valence-corrected chi connectivity index (χ2v) is 4.98. The molecule has 1 rings (SSSR count). The van der Waals surface area contributed by atoms with E-state index in [1.807, 2.05) is 6.26 Å². The van der Waals surface area contributed by atoms with Gasteiger partial charge in [0.05, 0.1) is 11.4 Å². The molecule has 1 saturated carbocycles. The number of carbonyl (C=O) groups is 1. The fourth-order valence-corrected chi connectivity index (χ4v) is 2.42. The molecular formula is C10H19NO2S. The van der Waals surface area contributed by atoms with Crippen molar-refractivity contribution >= 4 is 17.7 Å². The summed E-state index contributed by atoms with van der Waals surface area (Å²) in [4.78, 5) is 13.1. The van der Waals surface area contributed by atoms with Gasteiger partial charge in [-0.05, 0) is 19.1 Å². The van der Waals surface area contributed by atoms with Crippen LogP contribution in [-0.4, -0.2) is 47.1 Å². The monoisotopic (exact) mass is 217 g/mol. The van der Waals surface area contributed by atoms with Crippen molar-refractivity contribution in [1.82, 2.24) is 4.90 Å². The molecule has 82 valence electrons. The van der Waals surface area contributed by atoms with Gasteiger partial charge in [-0.25, -0.2) is 0 Å². The SMILES string of the molecule is CSCC(=O)N(C)CC1(O)CCCC1. The molecule has 3 nitrogen and oxygen atoms in total. The molecule has 0 spiro atoms. The van der Waals surface area contributed by atoms with Crippen molar-refractivity contribution < 1.29 is 9.90 Å². The van der Waals surface area contributed by atoms with Crippen LogP contribution in [0, 0.1) is 0 Å². The van der Waals surface area contributed by atoms with Crippen LogP contribution in [0.2, 0.25) is 0 Å². The van der Waals surface area contributed by atoms with Crippen LogP contribution in [0.4, 0.5) is 0 Å². The summed E-state index contributed by atoms with van der Waals surface area (Å²) in [6.07, 6.45) is 5.76. The molecule has 4 heteroatoms. The predicted octanol–water partition coefficient (Wildman–Crippen LogP) is 1.11. The number of amides is 1. The Morgan fingerprint density at radius 2 is 2.07 bits per heavy atom. The Morgan fingerprint density at radius 3 is 2.57 bits per heavy atom. The molecule has 0 aromatic rings. The number of hydrogen-bond donors (Lipinski definition) is 1. The second-order valence-electron chi connectivity index (χ2n) is 4.11. The molecule has 0 atom stereocenters. The number of rotatable bonds is 4. The maximum atomic E-state index is 11.5. The van der Waals surface area contributed by atoms with Gasteiger partial charge in [0.1, 0.15) is 0 Å². The van der Waals surface area contributed by atoms with Crippen molar-refractivity contribution in [2.24, 2.45) is 0 Å². The molecule has 1 aliphatic rings. The van der Waals surface area contributed by atoms with Gasteiger partial charge in [-0.1, -0.05) is 12.8 Å². The molecule has 0 aliphatic heterocycles. The molecule has 0 bridgehead atoms. The summed E-state index contributed by atoms with van der Waals surface area (Å²) >= 11 is 1.52. The fourth-order valence-electron chi connectivity index (χ4n) is 1.95. The van der Waals surface area contributed by atoms with Crippen molar-refractivity contribution in [3.8, 4) is 0 Å². The first-order chi connectivity index (χ1) is 6.57. The molecule has 0 unspecified atom stereocenters. The summed E-state index contributed by atoms with van der Waals surface area (Å²) in [7, 11) is 1.77. The highest BCUT2D eigenvalue weighted by Gasteiger charge is 2.33. The summed E-state index contributed by atoms with van der Waals surface area (Å²) in [6.45, 7) is 0.492. The minimum atomic E-state index is -0.608. The molecule has 1 amide bonds. The summed E-state index contributed by atoms with van der Waals surface area (Å²) in [5.74, 6) is 0.616. The van der Waals surface area contributed by atoms with Gasteiger partial charge in [-0.2, -0.15) is 11.8 Å². The van der Waals surface area contributed by atoms with Crippen LogP contribution in [-0.2, 0) is 4.79 Å². The van der Waals surface area contributed by atoms with Crippen LogP contribution in [0.1, 0.15) is 25.7 Å². The largest absolute Gasteiger partial charge is 0.388 e. The minimum Gasteiger partial charge on any atom is -0.388 e. The lowest BCUT2D eigenvalue weighted by Crippen LogP contribution is -2.42. The van der Waals surface area contributed by atoms with Crippen LogP contribution in [0.3, 0.4) is 0 Å². The van der Waals surface area contributed by atoms with Crippen molar-refractivity contribution in [3.63, 3.8) is 0 Å². The number of aliphatic hydroxyl groups is 1. The Labute approximate surface area is 89.9 Å². The number of likely N-dealkylation sites (N-methyl/N-ethyl adjacent to an activating group) is 1. The van der Waals surface area contributed by atoms with Crippen molar-refractivity contribution in [2.75, 3.05) is 25.6 Å². The molecule has 1 N–H and O–H groups in total. The maximum Gasteiger partial charge on any atom is 0.232 e. The van der Waals surface area contributed by atoms with Gasteiger partial charge >= 0.3 is 0 Å². The predicted molar refractivity (Wildman–Crippen MR) is 59.4 cm³/mol. The van der Waals surface area contributed by atoms with Crippen molar-refractivity contribution in [3.05, 3.63) is 0 Å². The number of hydrogen-bond acceptors (Lipinski definition) is 3. The normalized spacial score (nSPS) is 19.6. The quantitative estimate of drug-likeness (QED) is 0.767. The molecule has 0 radical (unpaired) electrons. The van der Waals surface area contributed by atoms with E-state index in [1.165, 1.54) is 11.8 Å². The molecule has 0 aromatic heterocycles. The maximum absolute atomic E-state index is 11.5. The first kappa shape index (κ1) is 11.9. The van der Waals surface area contributed by atoms with E-state index in [2.05, 4.69) is 0 Å². The number of carbonyl (C=O) groups excluding carboxylic acids is 1. The Balaban J connectivity index is 2.38. The molecule has 14 heavy (non-hydrogen) atoms. The number of thioether (sulfide) groups is 1. The van der Waals surface area contributed by atoms with Gasteiger partial charge in [-0.3, -0.25) is 4.79 Å². The Kier molecular flexibility index (Phi) is 4.26. The lowest BCUT2D eigenvalue weighted by atomic mass is 10.0. The highest BCUT2D eigenvalue weighted by atomic mass is 32.2. The van der Waals surface area contributed by atoms with E-state index >= 15 is 0 Å². The average molecular weight is 217 g/mol. The van der Waals surface area contributed by atoms with Crippen molar-refractivity contribution in [1.29, 1.82) is 0 Å². The zero-order valence-corrected chi connectivity index (χ0v) is 9.77. The highest BCUT2D eigenvalue weighted by Crippen LogP contribution is 2.29. The summed E-state index contributed by atoms with van der Waals surface area (Å²) in [5.41, 5.74) is -0.608. The second kappa shape index (κ2) is 5.03. The van der Waals surface area contributed by atoms with Gasteiger partial charge in [0, 0.05) is 13.6 Å². The lowest BCUT2D eigenvalue weighted by molar-refractivity contribution is -0.130. The third-order valence-electron chi connectivity index (χ3n) is 2.76. The average Bonchev–Trinajstić information content (AvgIpc) is 2.52. The zero-order chi connectivity index (χ0) is 10.6.